The lowest BCUT2D eigenvalue weighted by Crippen LogP contribution is -2.07. The van der Waals surface area contributed by atoms with Gasteiger partial charge < -0.3 is 9.13 Å². The molecule has 3 aromatic heterocycles. The number of aromatic nitrogens is 5. The van der Waals surface area contributed by atoms with E-state index in [4.69, 9.17) is 21.5 Å². The summed E-state index contributed by atoms with van der Waals surface area (Å²) in [5.74, 6) is 1.50. The quantitative estimate of drug-likeness (QED) is 0.149. The molecule has 0 radical (unpaired) electrons. The molecule has 0 aliphatic rings. The maximum absolute atomic E-state index is 11.6. The fourth-order valence-electron chi connectivity index (χ4n) is 9.49. The maximum Gasteiger partial charge on any atom is 0.187 e. The van der Waals surface area contributed by atoms with Crippen LogP contribution in [0.4, 0.5) is 5.69 Å². The highest BCUT2D eigenvalue weighted by atomic mass is 15.1. The van der Waals surface area contributed by atoms with E-state index >= 15 is 0 Å². The number of hydrogen-bond donors (Lipinski definition) is 0. The zero-order valence-electron chi connectivity index (χ0n) is 36.2. The molecule has 12 rings (SSSR count). The Balaban J connectivity index is 1.18. The second-order valence-corrected chi connectivity index (χ2v) is 16.6. The summed E-state index contributed by atoms with van der Waals surface area (Å²) in [6, 6.07) is 73.4. The van der Waals surface area contributed by atoms with Crippen LogP contribution < -0.4 is 0 Å². The summed E-state index contributed by atoms with van der Waals surface area (Å²) < 4.78 is 4.36. The summed E-state index contributed by atoms with van der Waals surface area (Å²) in [7, 11) is 0. The maximum atomic E-state index is 11.6. The Morgan fingerprint density at radius 3 is 1.32 bits per heavy atom. The minimum Gasteiger partial charge on any atom is -0.308 e. The molecule has 0 unspecified atom stereocenters. The summed E-state index contributed by atoms with van der Waals surface area (Å²) >= 11 is 0. The van der Waals surface area contributed by atoms with E-state index in [1.54, 1.807) is 0 Å². The van der Waals surface area contributed by atoms with Crippen LogP contribution in [0.3, 0.4) is 0 Å². The minimum atomic E-state index is 0.452. The lowest BCUT2D eigenvalue weighted by atomic mass is 10.0. The molecule has 68 heavy (non-hydrogen) atoms. The molecule has 0 N–H and O–H groups in total. The molecule has 0 spiro atoms. The van der Waals surface area contributed by atoms with Gasteiger partial charge >= 0.3 is 0 Å². The Bertz CT molecular complexity index is 3870. The molecule has 3 heterocycles. The number of benzene rings is 9. The summed E-state index contributed by atoms with van der Waals surface area (Å²) in [5, 5.41) is 25.4. The molecule has 9 aromatic carbocycles. The van der Waals surface area contributed by atoms with Crippen LogP contribution >= 0.6 is 0 Å². The van der Waals surface area contributed by atoms with Crippen molar-refractivity contribution in [1.82, 2.24) is 24.1 Å². The fraction of sp³-hybridized carbons (Fsp3) is 0. The lowest BCUT2D eigenvalue weighted by Gasteiger charge is -2.18. The molecule has 0 saturated heterocycles. The van der Waals surface area contributed by atoms with Gasteiger partial charge in [0, 0.05) is 38.2 Å². The topological polar surface area (TPSA) is 100 Å². The molecule has 0 saturated carbocycles. The van der Waals surface area contributed by atoms with Crippen LogP contribution in [0.15, 0.2) is 206 Å². The highest BCUT2D eigenvalue weighted by Crippen LogP contribution is 2.42. The van der Waals surface area contributed by atoms with Crippen molar-refractivity contribution in [2.45, 2.75) is 0 Å². The third kappa shape index (κ3) is 6.63. The van der Waals surface area contributed by atoms with E-state index < -0.39 is 0 Å². The van der Waals surface area contributed by atoms with E-state index in [0.717, 1.165) is 77.0 Å². The van der Waals surface area contributed by atoms with Gasteiger partial charge in [0.15, 0.2) is 23.2 Å². The number of hydrogen-bond acceptors (Lipinski definition) is 5. The van der Waals surface area contributed by atoms with E-state index in [9.17, 15) is 10.5 Å². The van der Waals surface area contributed by atoms with Gasteiger partial charge in [-0.1, -0.05) is 140 Å². The number of rotatable bonds is 7. The first-order valence-corrected chi connectivity index (χ1v) is 22.1. The monoisotopic (exact) mass is 866 g/mol. The van der Waals surface area contributed by atoms with E-state index in [1.807, 2.05) is 146 Å². The number of nitrogens with zero attached hydrogens (tertiary/aromatic N) is 8. The molecule has 0 aliphatic carbocycles. The molecule has 8 heteroatoms. The first kappa shape index (κ1) is 39.6. The van der Waals surface area contributed by atoms with Gasteiger partial charge in [0.1, 0.15) is 11.6 Å². The van der Waals surface area contributed by atoms with Crippen molar-refractivity contribution in [3.8, 4) is 79.9 Å². The van der Waals surface area contributed by atoms with E-state index in [0.29, 0.717) is 51.2 Å². The van der Waals surface area contributed by atoms with Gasteiger partial charge in [-0.2, -0.15) is 10.5 Å². The van der Waals surface area contributed by atoms with Gasteiger partial charge in [-0.05, 0) is 89.0 Å². The Morgan fingerprint density at radius 1 is 0.368 bits per heavy atom. The largest absolute Gasteiger partial charge is 0.308 e. The molecule has 12 aromatic rings. The molecule has 0 fully saturated rings. The van der Waals surface area contributed by atoms with Gasteiger partial charge in [-0.15, -0.1) is 0 Å². The molecule has 0 amide bonds. The smallest absolute Gasteiger partial charge is 0.187 e. The Morgan fingerprint density at radius 2 is 0.809 bits per heavy atom. The Labute approximate surface area is 391 Å². The average molecular weight is 867 g/mol. The molecular formula is C60H34N8. The summed E-state index contributed by atoms with van der Waals surface area (Å²) in [4.78, 5) is 19.1. The first-order valence-electron chi connectivity index (χ1n) is 22.1. The third-order valence-electron chi connectivity index (χ3n) is 12.6. The standard InChI is InChI=1S/C60H34N8/c1-63-46-21-13-20-42(31-46)44-27-29-55-50(33-44)48-23-9-11-25-53(48)68(55)57-35-45(60-65-58(39-15-4-2-5-16-39)64-59(66-60)40-17-6-3-7-18-40)34-56(51(57)37-62)67-52-24-10-8-22-47(52)49-32-43(26-28-54(49)67)41-19-12-14-38(30-41)36-61/h2-35H. The van der Waals surface area contributed by atoms with Crippen LogP contribution in [-0.4, -0.2) is 24.1 Å². The zero-order valence-corrected chi connectivity index (χ0v) is 36.2. The van der Waals surface area contributed by atoms with Gasteiger partial charge in [0.25, 0.3) is 0 Å². The highest BCUT2D eigenvalue weighted by molar-refractivity contribution is 6.12. The fourth-order valence-corrected chi connectivity index (χ4v) is 9.49. The van der Waals surface area contributed by atoms with Crippen molar-refractivity contribution >= 4 is 49.3 Å². The van der Waals surface area contributed by atoms with Crippen molar-refractivity contribution in [1.29, 1.82) is 10.5 Å². The van der Waals surface area contributed by atoms with Gasteiger partial charge in [-0.3, -0.25) is 0 Å². The van der Waals surface area contributed by atoms with Gasteiger partial charge in [0.05, 0.1) is 51.6 Å². The molecular weight excluding hydrogens is 833 g/mol. The van der Waals surface area contributed by atoms with Crippen LogP contribution in [0.5, 0.6) is 0 Å². The van der Waals surface area contributed by atoms with Crippen molar-refractivity contribution in [3.63, 3.8) is 0 Å². The van der Waals surface area contributed by atoms with Crippen molar-refractivity contribution in [2.24, 2.45) is 0 Å². The third-order valence-corrected chi connectivity index (χ3v) is 12.6. The van der Waals surface area contributed by atoms with Crippen LogP contribution in [0.2, 0.25) is 0 Å². The van der Waals surface area contributed by atoms with Crippen LogP contribution in [-0.2, 0) is 0 Å². The second kappa shape index (κ2) is 16.2. The van der Waals surface area contributed by atoms with Crippen LogP contribution in [0.1, 0.15) is 11.1 Å². The van der Waals surface area contributed by atoms with E-state index in [-0.39, 0.29) is 0 Å². The molecule has 0 bridgehead atoms. The van der Waals surface area contributed by atoms with Crippen molar-refractivity contribution in [3.05, 3.63) is 229 Å². The van der Waals surface area contributed by atoms with Crippen molar-refractivity contribution in [2.75, 3.05) is 0 Å². The SMILES string of the molecule is [C-]#[N+]c1cccc(-c2ccc3c(c2)c2ccccc2n3-c2cc(-c3nc(-c4ccccc4)nc(-c4ccccc4)n3)cc(-n3c4ccccc4c4cc(-c5cccc(C#N)c5)ccc43)c2C#N)c1. The molecule has 314 valence electrons. The normalized spacial score (nSPS) is 11.2. The molecule has 0 atom stereocenters. The first-order chi connectivity index (χ1) is 33.6. The number of fused-ring (bicyclic) bond motifs is 6. The van der Waals surface area contributed by atoms with Gasteiger partial charge in [-0.25, -0.2) is 19.8 Å². The lowest BCUT2D eigenvalue weighted by molar-refractivity contribution is 1.06. The highest BCUT2D eigenvalue weighted by Gasteiger charge is 2.24. The summed E-state index contributed by atoms with van der Waals surface area (Å²) in [5.41, 5.74) is 12.8. The summed E-state index contributed by atoms with van der Waals surface area (Å²) in [6.45, 7) is 7.66. The van der Waals surface area contributed by atoms with E-state index in [2.05, 4.69) is 86.8 Å². The van der Waals surface area contributed by atoms with Gasteiger partial charge in [0.2, 0.25) is 0 Å². The second-order valence-electron chi connectivity index (χ2n) is 16.6. The average Bonchev–Trinajstić information content (AvgIpc) is 3.93. The Kier molecular flexibility index (Phi) is 9.47. The minimum absolute atomic E-state index is 0.452. The van der Waals surface area contributed by atoms with Crippen LogP contribution in [0, 0.1) is 29.2 Å². The number of para-hydroxylation sites is 2. The zero-order chi connectivity index (χ0) is 45.7. The predicted molar refractivity (Wildman–Crippen MR) is 271 cm³/mol. The molecule has 8 nitrogen and oxygen atoms in total. The number of nitriles is 2. The van der Waals surface area contributed by atoms with E-state index in [1.165, 1.54) is 0 Å². The van der Waals surface area contributed by atoms with Crippen LogP contribution in [0.25, 0.3) is 116 Å². The molecule has 0 aliphatic heterocycles. The van der Waals surface area contributed by atoms with Crippen molar-refractivity contribution < 1.29 is 0 Å². The predicted octanol–water partition coefficient (Wildman–Crippen LogP) is 14.7. The Hall–Kier alpha value is -9.94. The summed E-state index contributed by atoms with van der Waals surface area (Å²) in [6.07, 6.45) is 0.